The van der Waals surface area contributed by atoms with Gasteiger partial charge in [-0.15, -0.1) is 0 Å². The van der Waals surface area contributed by atoms with Gasteiger partial charge in [0.05, 0.1) is 66.0 Å². The number of nitrogens with zero attached hydrogens (tertiary/aromatic N) is 10. The maximum atomic E-state index is 12.9. The van der Waals surface area contributed by atoms with E-state index in [2.05, 4.69) is 127 Å². The number of anilines is 4. The number of aryl methyl sites for hydroxylation is 6. The summed E-state index contributed by atoms with van der Waals surface area (Å²) in [4.78, 5) is 43.5. The summed E-state index contributed by atoms with van der Waals surface area (Å²) in [5, 5.41) is 15.5. The molecule has 0 aliphatic carbocycles. The van der Waals surface area contributed by atoms with E-state index in [1.165, 1.54) is 0 Å². The highest BCUT2D eigenvalue weighted by atomic mass is 35.5. The van der Waals surface area contributed by atoms with Gasteiger partial charge in [-0.25, -0.2) is 19.6 Å². The summed E-state index contributed by atoms with van der Waals surface area (Å²) >= 11 is 6.36. The Kier molecular flexibility index (Phi) is 19.0. The summed E-state index contributed by atoms with van der Waals surface area (Å²) in [6.07, 6.45) is 4.40. The van der Waals surface area contributed by atoms with Crippen LogP contribution in [0.3, 0.4) is 0 Å². The van der Waals surface area contributed by atoms with Crippen LogP contribution in [0.2, 0.25) is 5.15 Å². The van der Waals surface area contributed by atoms with Crippen molar-refractivity contribution in [2.45, 2.75) is 106 Å². The van der Waals surface area contributed by atoms with Crippen molar-refractivity contribution in [1.82, 2.24) is 39.3 Å². The molecule has 0 saturated carbocycles. The normalized spacial score (nSPS) is 19.4. The quantitative estimate of drug-likeness (QED) is 0.0985. The lowest BCUT2D eigenvalue weighted by molar-refractivity contribution is 0.00578. The fraction of sp³-hybridized carbons (Fsp3) is 0.516. The Labute approximate surface area is 490 Å². The average Bonchev–Trinajstić information content (AvgIpc) is 4.38. The first-order chi connectivity index (χ1) is 39.2. The standard InChI is InChI=1S/C28H36N6O2.C23H29ClN4O2.C11H19BN2O2/c1-5-21-8-9-34(18-21)28(35)29-23-7-6-19(2)24(17-23)22-15-25(26-14-20(3)31-32(26)4)30-27(16-22)33-10-12-36-13-11-33;1-3-17-6-7-28(15-17)23(29)25-19-5-4-16(2)20(14-19)18-12-21(24)26-22(13-18)27-8-10-30-11-9-27;1-8-7-9(14(6)13-8)12-15-10(2,3)11(4,5)16-12/h6-7,14-17,21H,5,8-13,18H2,1-4H3,(H,29,35);4-5,12-14,17H,3,6-11,15H2,1-2H3,(H,25,29);7H,1-6H3/t21-;17-;/m11./s1. The number of amides is 4. The molecule has 0 bridgehead atoms. The van der Waals surface area contributed by atoms with Crippen molar-refractivity contribution in [1.29, 1.82) is 0 Å². The minimum Gasteiger partial charge on any atom is -0.398 e. The van der Waals surface area contributed by atoms with E-state index >= 15 is 0 Å². The first kappa shape index (κ1) is 60.1. The number of morpholine rings is 2. The van der Waals surface area contributed by atoms with Gasteiger partial charge in [0, 0.05) is 77.8 Å². The van der Waals surface area contributed by atoms with Gasteiger partial charge >= 0.3 is 19.2 Å². The van der Waals surface area contributed by atoms with E-state index in [-0.39, 0.29) is 30.4 Å². The molecule has 11 rings (SSSR count). The molecule has 4 amide bonds. The summed E-state index contributed by atoms with van der Waals surface area (Å²) in [6, 6.07) is 24.4. The lowest BCUT2D eigenvalue weighted by Crippen LogP contribution is -2.41. The summed E-state index contributed by atoms with van der Waals surface area (Å²) < 4.78 is 26.6. The maximum absolute atomic E-state index is 12.9. The minimum absolute atomic E-state index is 0.0180. The molecule has 18 nitrogen and oxygen atoms in total. The molecule has 0 radical (unpaired) electrons. The fourth-order valence-corrected chi connectivity index (χ4v) is 11.3. The predicted molar refractivity (Wildman–Crippen MR) is 328 cm³/mol. The van der Waals surface area contributed by atoms with Crippen LogP contribution in [0.25, 0.3) is 33.6 Å². The third kappa shape index (κ3) is 14.3. The molecule has 2 N–H and O–H groups in total. The molecule has 5 fully saturated rings. The smallest absolute Gasteiger partial charge is 0.398 e. The second-order valence-electron chi connectivity index (χ2n) is 23.5. The molecule has 0 spiro atoms. The molecule has 0 unspecified atom stereocenters. The van der Waals surface area contributed by atoms with E-state index in [9.17, 15) is 9.59 Å². The van der Waals surface area contributed by atoms with Crippen LogP contribution in [-0.2, 0) is 32.9 Å². The van der Waals surface area contributed by atoms with Crippen LogP contribution in [0, 0.1) is 39.5 Å². The molecular weight excluding hydrogens is 1060 g/mol. The van der Waals surface area contributed by atoms with Gasteiger partial charge in [0.2, 0.25) is 0 Å². The third-order valence-corrected chi connectivity index (χ3v) is 17.2. The van der Waals surface area contributed by atoms with E-state index in [1.54, 1.807) is 0 Å². The highest BCUT2D eigenvalue weighted by molar-refractivity contribution is 6.61. The second-order valence-corrected chi connectivity index (χ2v) is 23.9. The first-order valence-electron chi connectivity index (χ1n) is 29.2. The molecular formula is C62H84BClN12O6. The lowest BCUT2D eigenvalue weighted by Gasteiger charge is -2.32. The van der Waals surface area contributed by atoms with E-state index < -0.39 is 0 Å². The van der Waals surface area contributed by atoms with Gasteiger partial charge in [-0.05, 0) is 174 Å². The number of rotatable bonds is 10. The summed E-state index contributed by atoms with van der Waals surface area (Å²) in [7, 11) is 3.54. The minimum atomic E-state index is -0.323. The SMILES string of the molecule is CC[C@@H]1CCN(C(=O)Nc2ccc(C)c(-c3cc(-c4cc(C)nn4C)nc(N4CCOCC4)c3)c2)C1.CC[C@@H]1CCN(C(=O)Nc2ccc(C)c(-c3cc(Cl)nc(N4CCOCC4)c3)c2)C1.Cc1cc(B2OC(C)(C)C(C)(C)O2)n(C)n1. The molecule has 2 aromatic carbocycles. The molecule has 20 heteroatoms. The zero-order valence-corrected chi connectivity index (χ0v) is 51.0. The number of urea groups is 2. The number of aromatic nitrogens is 6. The monoisotopic (exact) mass is 1140 g/mol. The number of likely N-dealkylation sites (tertiary alicyclic amines) is 2. The molecule has 6 aromatic rings. The zero-order valence-electron chi connectivity index (χ0n) is 50.3. The zero-order chi connectivity index (χ0) is 58.5. The largest absolute Gasteiger partial charge is 0.514 e. The van der Waals surface area contributed by atoms with Crippen LogP contribution in [0.4, 0.5) is 32.6 Å². The number of nitrogens with one attached hydrogen (secondary N) is 2. The Hall–Kier alpha value is -6.51. The fourth-order valence-electron chi connectivity index (χ4n) is 11.1. The number of carbonyl (C=O) groups excluding carboxylic acids is 2. The molecule has 5 aliphatic heterocycles. The van der Waals surface area contributed by atoms with Gasteiger partial charge in [0.15, 0.2) is 0 Å². The number of hydrogen-bond donors (Lipinski definition) is 2. The van der Waals surface area contributed by atoms with Crippen LogP contribution < -0.4 is 26.0 Å². The van der Waals surface area contributed by atoms with Gasteiger partial charge < -0.3 is 49.0 Å². The van der Waals surface area contributed by atoms with Crippen molar-refractivity contribution in [3.05, 3.63) is 100 Å². The maximum Gasteiger partial charge on any atom is 0.514 e. The molecule has 9 heterocycles. The number of carbonyl (C=O) groups is 2. The van der Waals surface area contributed by atoms with Crippen molar-refractivity contribution < 1.29 is 28.4 Å². The van der Waals surface area contributed by atoms with Crippen molar-refractivity contribution in [2.75, 3.05) is 99.2 Å². The van der Waals surface area contributed by atoms with Crippen LogP contribution in [0.1, 0.15) is 89.7 Å². The third-order valence-electron chi connectivity index (χ3n) is 17.0. The van der Waals surface area contributed by atoms with Crippen LogP contribution in [0.5, 0.6) is 0 Å². The Balaban J connectivity index is 0.000000159. The van der Waals surface area contributed by atoms with E-state index in [1.807, 2.05) is 83.5 Å². The number of hydrogen-bond acceptors (Lipinski definition) is 12. The van der Waals surface area contributed by atoms with Crippen molar-refractivity contribution in [3.8, 4) is 33.6 Å². The van der Waals surface area contributed by atoms with Crippen molar-refractivity contribution in [3.63, 3.8) is 0 Å². The summed E-state index contributed by atoms with van der Waals surface area (Å²) in [6.45, 7) is 30.0. The van der Waals surface area contributed by atoms with E-state index in [4.69, 9.17) is 35.4 Å². The molecule has 438 valence electrons. The molecule has 82 heavy (non-hydrogen) atoms. The van der Waals surface area contributed by atoms with Gasteiger partial charge in [-0.3, -0.25) is 9.36 Å². The number of benzene rings is 2. The van der Waals surface area contributed by atoms with Gasteiger partial charge in [-0.1, -0.05) is 50.4 Å². The predicted octanol–water partition coefficient (Wildman–Crippen LogP) is 10.7. The lowest BCUT2D eigenvalue weighted by atomic mass is 9.84. The molecule has 4 aromatic heterocycles. The Morgan fingerprint density at radius 3 is 1.51 bits per heavy atom. The number of pyridine rings is 2. The second kappa shape index (κ2) is 26.0. The van der Waals surface area contributed by atoms with E-state index in [0.29, 0.717) is 43.4 Å². The van der Waals surface area contributed by atoms with Gasteiger partial charge in [-0.2, -0.15) is 10.2 Å². The first-order valence-corrected chi connectivity index (χ1v) is 29.6. The van der Waals surface area contributed by atoms with Crippen LogP contribution >= 0.6 is 11.6 Å². The molecule has 5 saturated heterocycles. The van der Waals surface area contributed by atoms with Gasteiger partial charge in [0.1, 0.15) is 16.8 Å². The highest BCUT2D eigenvalue weighted by Gasteiger charge is 2.52. The van der Waals surface area contributed by atoms with Crippen molar-refractivity contribution >= 4 is 59.4 Å². The Morgan fingerprint density at radius 1 is 0.610 bits per heavy atom. The Bertz CT molecular complexity index is 3190. The number of halogens is 1. The highest BCUT2D eigenvalue weighted by Crippen LogP contribution is 2.38. The van der Waals surface area contributed by atoms with Crippen LogP contribution in [0.15, 0.2) is 72.8 Å². The van der Waals surface area contributed by atoms with Gasteiger partial charge in [0.25, 0.3) is 0 Å². The van der Waals surface area contributed by atoms with Crippen LogP contribution in [-0.4, -0.2) is 148 Å². The van der Waals surface area contributed by atoms with Crippen molar-refractivity contribution in [2.24, 2.45) is 25.9 Å². The summed E-state index contributed by atoms with van der Waals surface area (Å²) in [5.41, 5.74) is 12.2. The number of ether oxygens (including phenoxy) is 2. The molecule has 2 atom stereocenters. The topological polar surface area (TPSA) is 170 Å². The molecule has 5 aliphatic rings. The Morgan fingerprint density at radius 2 is 1.07 bits per heavy atom. The van der Waals surface area contributed by atoms with E-state index in [0.717, 1.165) is 163 Å². The summed E-state index contributed by atoms with van der Waals surface area (Å²) in [5.74, 6) is 3.01. The average molecular weight is 1140 g/mol.